The molecule has 5 unspecified atom stereocenters. The Morgan fingerprint density at radius 1 is 1.03 bits per heavy atom. The number of urea groups is 1. The Bertz CT molecular complexity index is 1130. The number of benzene rings is 2. The van der Waals surface area contributed by atoms with Crippen LogP contribution in [0.2, 0.25) is 0 Å². The van der Waals surface area contributed by atoms with Gasteiger partial charge in [-0.25, -0.2) is 9.59 Å². The lowest BCUT2D eigenvalue weighted by atomic mass is 9.85. The summed E-state index contributed by atoms with van der Waals surface area (Å²) in [5.41, 5.74) is 2.02. The first-order valence-corrected chi connectivity index (χ1v) is 12.6. The van der Waals surface area contributed by atoms with Gasteiger partial charge in [0.1, 0.15) is 12.4 Å². The van der Waals surface area contributed by atoms with E-state index in [0.29, 0.717) is 18.2 Å². The first kappa shape index (κ1) is 24.1. The van der Waals surface area contributed by atoms with Crippen LogP contribution in [0.25, 0.3) is 0 Å². The lowest BCUT2D eigenvalue weighted by Crippen LogP contribution is -2.50. The summed E-state index contributed by atoms with van der Waals surface area (Å²) < 4.78 is 10.8. The predicted molar refractivity (Wildman–Crippen MR) is 137 cm³/mol. The fourth-order valence-electron chi connectivity index (χ4n) is 5.93. The molecule has 1 heterocycles. The molecule has 188 valence electrons. The van der Waals surface area contributed by atoms with Crippen LogP contribution in [-0.2, 0) is 22.6 Å². The van der Waals surface area contributed by atoms with Crippen molar-refractivity contribution in [2.75, 3.05) is 14.1 Å². The highest BCUT2D eigenvalue weighted by Crippen LogP contribution is 2.47. The first-order valence-electron chi connectivity index (χ1n) is 12.6. The van der Waals surface area contributed by atoms with Gasteiger partial charge in [0, 0.05) is 37.6 Å². The number of nitrogens with zero attached hydrogens (tertiary/aromatic N) is 2. The molecular weight excluding hydrogens is 454 g/mol. The zero-order chi connectivity index (χ0) is 25.1. The average Bonchev–Trinajstić information content (AvgIpc) is 3.43. The molecule has 5 atom stereocenters. The summed E-state index contributed by atoms with van der Waals surface area (Å²) in [5, 5.41) is 3.28. The SMILES string of the molecule is CN(Cc1ccccc1)C(=O)NC1CCC2C3C=C(OC(=O)OCc4ccccc4)C=CC3N(C)C12. The van der Waals surface area contributed by atoms with E-state index in [4.69, 9.17) is 9.47 Å². The van der Waals surface area contributed by atoms with E-state index >= 15 is 0 Å². The van der Waals surface area contributed by atoms with Crippen LogP contribution in [0.5, 0.6) is 0 Å². The molecule has 2 amide bonds. The van der Waals surface area contributed by atoms with Crippen molar-refractivity contribution in [1.29, 1.82) is 0 Å². The zero-order valence-corrected chi connectivity index (χ0v) is 20.7. The van der Waals surface area contributed by atoms with E-state index in [-0.39, 0.29) is 36.7 Å². The number of ether oxygens (including phenoxy) is 2. The number of allylic oxidation sites excluding steroid dienone is 1. The van der Waals surface area contributed by atoms with Gasteiger partial charge in [-0.3, -0.25) is 4.90 Å². The van der Waals surface area contributed by atoms with Gasteiger partial charge in [-0.15, -0.1) is 0 Å². The fraction of sp³-hybridized carbons (Fsp3) is 0.379. The molecule has 1 saturated heterocycles. The maximum atomic E-state index is 12.9. The van der Waals surface area contributed by atoms with Crippen LogP contribution in [0.3, 0.4) is 0 Å². The summed E-state index contributed by atoms with van der Waals surface area (Å²) in [6.07, 6.45) is 7.25. The molecule has 2 fully saturated rings. The molecule has 36 heavy (non-hydrogen) atoms. The number of carbonyl (C=O) groups excluding carboxylic acids is 2. The monoisotopic (exact) mass is 487 g/mol. The van der Waals surface area contributed by atoms with Gasteiger partial charge < -0.3 is 19.7 Å². The molecule has 0 radical (unpaired) electrons. The number of carbonyl (C=O) groups is 2. The van der Waals surface area contributed by atoms with Crippen molar-refractivity contribution < 1.29 is 19.1 Å². The van der Waals surface area contributed by atoms with Gasteiger partial charge in [0.15, 0.2) is 0 Å². The summed E-state index contributed by atoms with van der Waals surface area (Å²) in [6, 6.07) is 20.0. The van der Waals surface area contributed by atoms with Crippen molar-refractivity contribution in [2.24, 2.45) is 11.8 Å². The molecule has 7 heteroatoms. The van der Waals surface area contributed by atoms with E-state index in [1.807, 2.05) is 73.8 Å². The highest BCUT2D eigenvalue weighted by Gasteiger charge is 2.52. The van der Waals surface area contributed by atoms with Crippen molar-refractivity contribution in [2.45, 2.75) is 44.1 Å². The van der Waals surface area contributed by atoms with Crippen LogP contribution in [-0.4, -0.2) is 54.2 Å². The van der Waals surface area contributed by atoms with Crippen LogP contribution < -0.4 is 5.32 Å². The van der Waals surface area contributed by atoms with E-state index in [0.717, 1.165) is 24.0 Å². The first-order chi connectivity index (χ1) is 17.5. The number of likely N-dealkylation sites (tertiary alicyclic amines) is 1. The Kier molecular flexibility index (Phi) is 7.09. The quantitative estimate of drug-likeness (QED) is 0.598. The Morgan fingerprint density at radius 2 is 1.72 bits per heavy atom. The topological polar surface area (TPSA) is 71.1 Å². The third-order valence-electron chi connectivity index (χ3n) is 7.62. The maximum Gasteiger partial charge on any atom is 0.514 e. The highest BCUT2D eigenvalue weighted by molar-refractivity contribution is 5.74. The van der Waals surface area contributed by atoms with E-state index in [9.17, 15) is 9.59 Å². The molecule has 2 aromatic carbocycles. The number of amides is 2. The number of hydrogen-bond acceptors (Lipinski definition) is 5. The van der Waals surface area contributed by atoms with Crippen LogP contribution >= 0.6 is 0 Å². The number of likely N-dealkylation sites (N-methyl/N-ethyl adjacent to an activating group) is 1. The van der Waals surface area contributed by atoms with Gasteiger partial charge in [0.05, 0.1) is 0 Å². The van der Waals surface area contributed by atoms with Crippen molar-refractivity contribution in [3.63, 3.8) is 0 Å². The molecular formula is C29H33N3O4. The molecule has 1 saturated carbocycles. The molecule has 0 bridgehead atoms. The molecule has 3 aliphatic rings. The number of nitrogens with one attached hydrogen (secondary N) is 1. The number of hydrogen-bond donors (Lipinski definition) is 1. The molecule has 0 spiro atoms. The maximum absolute atomic E-state index is 12.9. The van der Waals surface area contributed by atoms with E-state index < -0.39 is 6.16 Å². The third kappa shape index (κ3) is 5.16. The van der Waals surface area contributed by atoms with E-state index in [1.165, 1.54) is 0 Å². The standard InChI is InChI=1S/C29H33N3O4/c1-31(18-20-9-5-3-6-10-20)28(33)30-25-15-14-23-24-17-22(13-16-26(24)32(2)27(23)25)36-29(34)35-19-21-11-7-4-8-12-21/h3-13,16-17,23-27H,14-15,18-19H2,1-2H3,(H,30,33). The molecule has 2 aromatic rings. The summed E-state index contributed by atoms with van der Waals surface area (Å²) in [7, 11) is 3.96. The largest absolute Gasteiger partial charge is 0.514 e. The minimum Gasteiger partial charge on any atom is -0.429 e. The van der Waals surface area contributed by atoms with E-state index in [1.54, 1.807) is 4.90 Å². The van der Waals surface area contributed by atoms with Gasteiger partial charge in [-0.1, -0.05) is 66.7 Å². The van der Waals surface area contributed by atoms with Crippen molar-refractivity contribution in [3.05, 3.63) is 95.8 Å². The second-order valence-corrected chi connectivity index (χ2v) is 9.92. The van der Waals surface area contributed by atoms with Crippen LogP contribution in [0.4, 0.5) is 9.59 Å². The lowest BCUT2D eigenvalue weighted by molar-refractivity contribution is 0.0726. The summed E-state index contributed by atoms with van der Waals surface area (Å²) in [5.74, 6) is 1.14. The minimum atomic E-state index is -0.700. The Morgan fingerprint density at radius 3 is 2.44 bits per heavy atom. The Hall–Kier alpha value is -3.58. The molecule has 5 rings (SSSR count). The summed E-state index contributed by atoms with van der Waals surface area (Å²) in [4.78, 5) is 29.3. The third-order valence-corrected chi connectivity index (χ3v) is 7.62. The Labute approximate surface area is 212 Å². The lowest BCUT2D eigenvalue weighted by Gasteiger charge is -2.31. The normalized spacial score (nSPS) is 26.5. The number of fused-ring (bicyclic) bond motifs is 3. The van der Waals surface area contributed by atoms with Gasteiger partial charge in [-0.05, 0) is 49.1 Å². The molecule has 1 aliphatic heterocycles. The van der Waals surface area contributed by atoms with Gasteiger partial charge in [0.2, 0.25) is 0 Å². The van der Waals surface area contributed by atoms with Crippen molar-refractivity contribution in [3.8, 4) is 0 Å². The summed E-state index contributed by atoms with van der Waals surface area (Å²) >= 11 is 0. The van der Waals surface area contributed by atoms with Gasteiger partial charge in [0.25, 0.3) is 0 Å². The van der Waals surface area contributed by atoms with Crippen LogP contribution in [0.1, 0.15) is 24.0 Å². The van der Waals surface area contributed by atoms with E-state index in [2.05, 4.69) is 29.4 Å². The smallest absolute Gasteiger partial charge is 0.429 e. The second-order valence-electron chi connectivity index (χ2n) is 9.92. The number of rotatable bonds is 6. The van der Waals surface area contributed by atoms with Crippen LogP contribution in [0.15, 0.2) is 84.7 Å². The Balaban J connectivity index is 1.18. The second kappa shape index (κ2) is 10.6. The van der Waals surface area contributed by atoms with Crippen LogP contribution in [0, 0.1) is 11.8 Å². The molecule has 0 aromatic heterocycles. The predicted octanol–water partition coefficient (Wildman–Crippen LogP) is 4.71. The van der Waals surface area contributed by atoms with Gasteiger partial charge >= 0.3 is 12.2 Å². The van der Waals surface area contributed by atoms with Gasteiger partial charge in [-0.2, -0.15) is 0 Å². The molecule has 7 nitrogen and oxygen atoms in total. The van der Waals surface area contributed by atoms with Crippen molar-refractivity contribution in [1.82, 2.24) is 15.1 Å². The minimum absolute atomic E-state index is 0.0518. The molecule has 1 N–H and O–H groups in total. The summed E-state index contributed by atoms with van der Waals surface area (Å²) in [6.45, 7) is 0.747. The van der Waals surface area contributed by atoms with Crippen molar-refractivity contribution >= 4 is 12.2 Å². The average molecular weight is 488 g/mol. The zero-order valence-electron chi connectivity index (χ0n) is 20.7. The highest BCUT2D eigenvalue weighted by atomic mass is 16.7. The fourth-order valence-corrected chi connectivity index (χ4v) is 5.93. The molecule has 2 aliphatic carbocycles.